The first-order chi connectivity index (χ1) is 17.4. The minimum atomic E-state index is -0.217. The van der Waals surface area contributed by atoms with Crippen molar-refractivity contribution in [3.8, 4) is 11.4 Å². The van der Waals surface area contributed by atoms with Gasteiger partial charge < -0.3 is 10.1 Å². The van der Waals surface area contributed by atoms with Crippen molar-refractivity contribution in [1.82, 2.24) is 19.3 Å². The van der Waals surface area contributed by atoms with E-state index in [1.165, 1.54) is 6.33 Å². The molecule has 36 heavy (non-hydrogen) atoms. The Bertz CT molecular complexity index is 1600. The van der Waals surface area contributed by atoms with Gasteiger partial charge in [0.2, 0.25) is 0 Å². The number of hydrogen-bond donors (Lipinski definition) is 1. The highest BCUT2D eigenvalue weighted by molar-refractivity contribution is 6.04. The molecule has 2 aromatic heterocycles. The topological polar surface area (TPSA) is 91.0 Å². The number of fused-ring (bicyclic) bond motifs is 1. The Morgan fingerprint density at radius 3 is 2.33 bits per heavy atom. The molecule has 0 aliphatic rings. The maximum absolute atomic E-state index is 13.1. The Morgan fingerprint density at radius 1 is 0.972 bits per heavy atom. The van der Waals surface area contributed by atoms with E-state index in [9.17, 15) is 9.59 Å². The molecule has 1 amide bonds. The Balaban J connectivity index is 1.34. The van der Waals surface area contributed by atoms with E-state index in [1.807, 2.05) is 38.1 Å². The molecule has 2 heterocycles. The summed E-state index contributed by atoms with van der Waals surface area (Å²) < 4.78 is 8.37. The van der Waals surface area contributed by atoms with Crippen LogP contribution in [0, 0.1) is 13.8 Å². The smallest absolute Gasteiger partial charge is 0.264 e. The number of benzene rings is 3. The Labute approximate surface area is 207 Å². The van der Waals surface area contributed by atoms with E-state index in [-0.39, 0.29) is 11.5 Å². The molecule has 0 bridgehead atoms. The van der Waals surface area contributed by atoms with Gasteiger partial charge in [0, 0.05) is 11.3 Å². The molecule has 3 aromatic carbocycles. The van der Waals surface area contributed by atoms with Gasteiger partial charge in [-0.2, -0.15) is 5.10 Å². The highest BCUT2D eigenvalue weighted by Gasteiger charge is 2.13. The fourth-order valence-corrected chi connectivity index (χ4v) is 4.16. The first-order valence-corrected chi connectivity index (χ1v) is 11.5. The zero-order chi connectivity index (χ0) is 25.2. The highest BCUT2D eigenvalue weighted by atomic mass is 16.5. The number of amides is 1. The number of carbonyl (C=O) groups is 1. The lowest BCUT2D eigenvalue weighted by Crippen LogP contribution is -2.21. The van der Waals surface area contributed by atoms with Crippen molar-refractivity contribution in [3.05, 3.63) is 112 Å². The minimum Gasteiger partial charge on any atom is -0.497 e. The molecule has 0 radical (unpaired) electrons. The van der Waals surface area contributed by atoms with E-state index < -0.39 is 0 Å². The predicted octanol–water partition coefficient (Wildman–Crippen LogP) is 4.51. The van der Waals surface area contributed by atoms with Crippen LogP contribution in [-0.2, 0) is 6.54 Å². The van der Waals surface area contributed by atoms with Crippen molar-refractivity contribution >= 4 is 22.6 Å². The number of rotatable bonds is 6. The molecule has 8 nitrogen and oxygen atoms in total. The first kappa shape index (κ1) is 23.0. The van der Waals surface area contributed by atoms with Crippen molar-refractivity contribution in [2.24, 2.45) is 0 Å². The molecular weight excluding hydrogens is 454 g/mol. The van der Waals surface area contributed by atoms with Crippen LogP contribution >= 0.6 is 0 Å². The summed E-state index contributed by atoms with van der Waals surface area (Å²) in [5.41, 5.74) is 5.52. The van der Waals surface area contributed by atoms with Crippen LogP contribution in [-0.4, -0.2) is 32.3 Å². The van der Waals surface area contributed by atoms with Gasteiger partial charge in [0.1, 0.15) is 17.5 Å². The lowest BCUT2D eigenvalue weighted by atomic mass is 10.1. The van der Waals surface area contributed by atoms with Crippen LogP contribution in [0.15, 0.2) is 84.0 Å². The fraction of sp³-hybridized carbons (Fsp3) is 0.143. The number of nitrogens with one attached hydrogen (secondary N) is 1. The average molecular weight is 480 g/mol. The number of anilines is 1. The second-order valence-electron chi connectivity index (χ2n) is 8.70. The average Bonchev–Trinajstić information content (AvgIpc) is 3.31. The van der Waals surface area contributed by atoms with Gasteiger partial charge in [-0.25, -0.2) is 9.67 Å². The largest absolute Gasteiger partial charge is 0.497 e. The SMILES string of the molecule is COc1ccc(NC(=O)c2ccc(Cn3cnc4c(cnn4-c4cc(C)cc(C)c4)c3=O)cc2)cc1. The Kier molecular flexibility index (Phi) is 6.08. The summed E-state index contributed by atoms with van der Waals surface area (Å²) in [6, 6.07) is 20.4. The van der Waals surface area contributed by atoms with Crippen molar-refractivity contribution in [1.29, 1.82) is 0 Å². The van der Waals surface area contributed by atoms with Crippen LogP contribution in [0.4, 0.5) is 5.69 Å². The lowest BCUT2D eigenvalue weighted by molar-refractivity contribution is 0.102. The molecule has 0 aliphatic carbocycles. The van der Waals surface area contributed by atoms with Crippen LogP contribution in [0.1, 0.15) is 27.0 Å². The molecule has 5 aromatic rings. The van der Waals surface area contributed by atoms with E-state index in [2.05, 4.69) is 21.5 Å². The first-order valence-electron chi connectivity index (χ1n) is 11.5. The zero-order valence-electron chi connectivity index (χ0n) is 20.2. The summed E-state index contributed by atoms with van der Waals surface area (Å²) in [7, 11) is 1.59. The molecule has 5 rings (SSSR count). The quantitative estimate of drug-likeness (QED) is 0.387. The fourth-order valence-electron chi connectivity index (χ4n) is 4.16. The number of nitrogens with zero attached hydrogens (tertiary/aromatic N) is 4. The van der Waals surface area contributed by atoms with E-state index in [1.54, 1.807) is 59.0 Å². The summed E-state index contributed by atoms with van der Waals surface area (Å²) in [4.78, 5) is 30.2. The molecule has 0 atom stereocenters. The monoisotopic (exact) mass is 479 g/mol. The number of aryl methyl sites for hydroxylation is 2. The Morgan fingerprint density at radius 2 is 1.67 bits per heavy atom. The third-order valence-corrected chi connectivity index (χ3v) is 5.92. The molecule has 0 unspecified atom stereocenters. The van der Waals surface area contributed by atoms with Gasteiger partial charge in [-0.1, -0.05) is 18.2 Å². The van der Waals surface area contributed by atoms with Gasteiger partial charge in [0.15, 0.2) is 5.65 Å². The van der Waals surface area contributed by atoms with Gasteiger partial charge in [0.05, 0.1) is 25.5 Å². The molecular formula is C28H25N5O3. The van der Waals surface area contributed by atoms with Gasteiger partial charge >= 0.3 is 0 Å². The van der Waals surface area contributed by atoms with Crippen molar-refractivity contribution in [2.75, 3.05) is 12.4 Å². The summed E-state index contributed by atoms with van der Waals surface area (Å²) in [6.45, 7) is 4.38. The number of ether oxygens (including phenoxy) is 1. The zero-order valence-corrected chi connectivity index (χ0v) is 20.2. The highest BCUT2D eigenvalue weighted by Crippen LogP contribution is 2.18. The normalized spacial score (nSPS) is 11.0. The van der Waals surface area contributed by atoms with Crippen molar-refractivity contribution in [2.45, 2.75) is 20.4 Å². The lowest BCUT2D eigenvalue weighted by Gasteiger charge is -2.09. The summed E-state index contributed by atoms with van der Waals surface area (Å²) in [6.07, 6.45) is 3.10. The van der Waals surface area contributed by atoms with Crippen LogP contribution < -0.4 is 15.6 Å². The standard InChI is InChI=1S/C28H25N5O3/c1-18-12-19(2)14-23(13-18)33-26-25(15-30-33)28(35)32(17-29-26)16-20-4-6-21(7-5-20)27(34)31-22-8-10-24(36-3)11-9-22/h4-15,17H,16H2,1-3H3,(H,31,34). The molecule has 0 fully saturated rings. The molecule has 0 spiro atoms. The second kappa shape index (κ2) is 9.50. The summed E-state index contributed by atoms with van der Waals surface area (Å²) in [5, 5.41) is 7.73. The molecule has 180 valence electrons. The maximum Gasteiger partial charge on any atom is 0.264 e. The molecule has 0 saturated carbocycles. The van der Waals surface area contributed by atoms with Crippen LogP contribution in [0.5, 0.6) is 5.75 Å². The number of hydrogen-bond acceptors (Lipinski definition) is 5. The third kappa shape index (κ3) is 4.61. The number of methoxy groups -OCH3 is 1. The van der Waals surface area contributed by atoms with E-state index >= 15 is 0 Å². The van der Waals surface area contributed by atoms with Gasteiger partial charge in [-0.05, 0) is 79.1 Å². The van der Waals surface area contributed by atoms with Gasteiger partial charge in [0.25, 0.3) is 11.5 Å². The van der Waals surface area contributed by atoms with E-state index in [0.717, 1.165) is 28.1 Å². The van der Waals surface area contributed by atoms with E-state index in [0.29, 0.717) is 28.8 Å². The minimum absolute atomic E-state index is 0.169. The van der Waals surface area contributed by atoms with E-state index in [4.69, 9.17) is 4.74 Å². The molecule has 1 N–H and O–H groups in total. The van der Waals surface area contributed by atoms with Crippen LogP contribution in [0.2, 0.25) is 0 Å². The molecule has 8 heteroatoms. The number of carbonyl (C=O) groups excluding carboxylic acids is 1. The summed E-state index contributed by atoms with van der Waals surface area (Å²) in [5.74, 6) is 0.503. The molecule has 0 saturated heterocycles. The summed E-state index contributed by atoms with van der Waals surface area (Å²) >= 11 is 0. The van der Waals surface area contributed by atoms with Gasteiger partial charge in [-0.15, -0.1) is 0 Å². The van der Waals surface area contributed by atoms with Crippen molar-refractivity contribution < 1.29 is 9.53 Å². The van der Waals surface area contributed by atoms with Crippen molar-refractivity contribution in [3.63, 3.8) is 0 Å². The van der Waals surface area contributed by atoms with Gasteiger partial charge in [-0.3, -0.25) is 14.2 Å². The molecule has 0 aliphatic heterocycles. The Hall–Kier alpha value is -4.72. The van der Waals surface area contributed by atoms with Crippen LogP contribution in [0.25, 0.3) is 16.7 Å². The predicted molar refractivity (Wildman–Crippen MR) is 139 cm³/mol. The van der Waals surface area contributed by atoms with Crippen LogP contribution in [0.3, 0.4) is 0 Å². The number of aromatic nitrogens is 4. The second-order valence-corrected chi connectivity index (χ2v) is 8.70. The third-order valence-electron chi connectivity index (χ3n) is 5.92. The maximum atomic E-state index is 13.1.